The van der Waals surface area contributed by atoms with Gasteiger partial charge in [-0.25, -0.2) is 0 Å². The van der Waals surface area contributed by atoms with Crippen molar-refractivity contribution in [3.8, 4) is 0 Å². The second-order valence-corrected chi connectivity index (χ2v) is 4.13. The molecule has 13 heavy (non-hydrogen) atoms. The summed E-state index contributed by atoms with van der Waals surface area (Å²) < 4.78 is 0. The lowest BCUT2D eigenvalue weighted by Gasteiger charge is -2.26. The van der Waals surface area contributed by atoms with Gasteiger partial charge in [0.15, 0.2) is 0 Å². The zero-order valence-corrected chi connectivity index (χ0v) is 8.25. The number of nitrogens with zero attached hydrogens (tertiary/aromatic N) is 1. The molecule has 0 saturated carbocycles. The molecular weight excluding hydrogens is 164 g/mol. The minimum atomic E-state index is 0.244. The summed E-state index contributed by atoms with van der Waals surface area (Å²) >= 11 is 0. The van der Waals surface area contributed by atoms with Crippen LogP contribution in [0.15, 0.2) is 0 Å². The SMILES string of the molecule is CCCN1[C@@H]2CC[C@H]1CNC(=O)C2. The van der Waals surface area contributed by atoms with Gasteiger partial charge in [0, 0.05) is 25.0 Å². The first-order chi connectivity index (χ1) is 6.31. The maximum Gasteiger partial charge on any atom is 0.221 e. The van der Waals surface area contributed by atoms with Crippen LogP contribution >= 0.6 is 0 Å². The third kappa shape index (κ3) is 1.70. The average molecular weight is 182 g/mol. The highest BCUT2D eigenvalue weighted by Crippen LogP contribution is 2.27. The van der Waals surface area contributed by atoms with E-state index >= 15 is 0 Å². The van der Waals surface area contributed by atoms with Crippen molar-refractivity contribution in [2.24, 2.45) is 0 Å². The lowest BCUT2D eigenvalue weighted by atomic mass is 10.1. The Labute approximate surface area is 79.5 Å². The topological polar surface area (TPSA) is 32.3 Å². The molecule has 2 saturated heterocycles. The van der Waals surface area contributed by atoms with E-state index < -0.39 is 0 Å². The van der Waals surface area contributed by atoms with Gasteiger partial charge in [0.25, 0.3) is 0 Å². The molecule has 0 aromatic rings. The predicted molar refractivity (Wildman–Crippen MR) is 51.4 cm³/mol. The molecule has 2 atom stereocenters. The molecule has 1 N–H and O–H groups in total. The van der Waals surface area contributed by atoms with E-state index in [1.54, 1.807) is 0 Å². The van der Waals surface area contributed by atoms with Crippen LogP contribution in [0.1, 0.15) is 32.6 Å². The van der Waals surface area contributed by atoms with Crippen LogP contribution in [0.2, 0.25) is 0 Å². The number of hydrogen-bond donors (Lipinski definition) is 1. The fourth-order valence-corrected chi connectivity index (χ4v) is 2.59. The van der Waals surface area contributed by atoms with E-state index in [9.17, 15) is 4.79 Å². The van der Waals surface area contributed by atoms with Crippen molar-refractivity contribution in [2.75, 3.05) is 13.1 Å². The zero-order valence-electron chi connectivity index (χ0n) is 8.25. The van der Waals surface area contributed by atoms with Gasteiger partial charge in [0.1, 0.15) is 0 Å². The summed E-state index contributed by atoms with van der Waals surface area (Å²) in [6.07, 6.45) is 4.40. The maximum atomic E-state index is 11.3. The van der Waals surface area contributed by atoms with E-state index in [2.05, 4.69) is 17.1 Å². The third-order valence-electron chi connectivity index (χ3n) is 3.21. The molecular formula is C10H18N2O. The monoisotopic (exact) mass is 182 g/mol. The van der Waals surface area contributed by atoms with Crippen LogP contribution in [0.4, 0.5) is 0 Å². The van der Waals surface area contributed by atoms with Gasteiger partial charge in [0.2, 0.25) is 5.91 Å². The summed E-state index contributed by atoms with van der Waals surface area (Å²) in [6.45, 7) is 4.24. The van der Waals surface area contributed by atoms with Crippen molar-refractivity contribution in [2.45, 2.75) is 44.7 Å². The first kappa shape index (κ1) is 9.00. The van der Waals surface area contributed by atoms with E-state index in [1.807, 2.05) is 0 Å². The Balaban J connectivity index is 2.06. The largest absolute Gasteiger partial charge is 0.354 e. The van der Waals surface area contributed by atoms with E-state index in [0.29, 0.717) is 12.1 Å². The molecule has 2 aliphatic rings. The van der Waals surface area contributed by atoms with Gasteiger partial charge in [-0.2, -0.15) is 0 Å². The summed E-state index contributed by atoms with van der Waals surface area (Å²) in [7, 11) is 0. The Bertz CT molecular complexity index is 205. The van der Waals surface area contributed by atoms with E-state index in [1.165, 1.54) is 19.3 Å². The van der Waals surface area contributed by atoms with Crippen LogP contribution in [0.5, 0.6) is 0 Å². The van der Waals surface area contributed by atoms with Gasteiger partial charge >= 0.3 is 0 Å². The second kappa shape index (κ2) is 3.66. The normalized spacial score (nSPS) is 34.4. The third-order valence-corrected chi connectivity index (χ3v) is 3.21. The molecule has 2 fully saturated rings. The molecule has 74 valence electrons. The van der Waals surface area contributed by atoms with Crippen molar-refractivity contribution < 1.29 is 4.79 Å². The van der Waals surface area contributed by atoms with Gasteiger partial charge < -0.3 is 5.32 Å². The Hall–Kier alpha value is -0.570. The minimum absolute atomic E-state index is 0.244. The predicted octanol–water partition coefficient (Wildman–Crippen LogP) is 0.749. The molecule has 3 nitrogen and oxygen atoms in total. The number of rotatable bonds is 2. The lowest BCUT2D eigenvalue weighted by molar-refractivity contribution is -0.121. The fraction of sp³-hybridized carbons (Fsp3) is 0.900. The number of carbonyl (C=O) groups excluding carboxylic acids is 1. The quantitative estimate of drug-likeness (QED) is 0.683. The van der Waals surface area contributed by atoms with Gasteiger partial charge in [-0.15, -0.1) is 0 Å². The van der Waals surface area contributed by atoms with Crippen molar-refractivity contribution in [3.63, 3.8) is 0 Å². The smallest absolute Gasteiger partial charge is 0.221 e. The van der Waals surface area contributed by atoms with Crippen molar-refractivity contribution in [1.82, 2.24) is 10.2 Å². The van der Waals surface area contributed by atoms with Gasteiger partial charge in [-0.05, 0) is 25.8 Å². The molecule has 0 aromatic carbocycles. The van der Waals surface area contributed by atoms with Crippen molar-refractivity contribution in [3.05, 3.63) is 0 Å². The molecule has 2 bridgehead atoms. The van der Waals surface area contributed by atoms with Crippen LogP contribution in [0.3, 0.4) is 0 Å². The lowest BCUT2D eigenvalue weighted by Crippen LogP contribution is -2.38. The van der Waals surface area contributed by atoms with Gasteiger partial charge in [0.05, 0.1) is 0 Å². The second-order valence-electron chi connectivity index (χ2n) is 4.13. The number of amides is 1. The number of hydrogen-bond acceptors (Lipinski definition) is 2. The van der Waals surface area contributed by atoms with E-state index in [4.69, 9.17) is 0 Å². The Morgan fingerprint density at radius 2 is 2.23 bits per heavy atom. The van der Waals surface area contributed by atoms with Gasteiger partial charge in [-0.1, -0.05) is 6.92 Å². The molecule has 0 aromatic heterocycles. The molecule has 0 aliphatic carbocycles. The molecule has 2 rings (SSSR count). The van der Waals surface area contributed by atoms with Crippen molar-refractivity contribution in [1.29, 1.82) is 0 Å². The first-order valence-corrected chi connectivity index (χ1v) is 5.33. The highest BCUT2D eigenvalue weighted by Gasteiger charge is 2.36. The van der Waals surface area contributed by atoms with Crippen LogP contribution in [0.25, 0.3) is 0 Å². The Morgan fingerprint density at radius 3 is 3.00 bits per heavy atom. The van der Waals surface area contributed by atoms with E-state index in [0.717, 1.165) is 19.5 Å². The minimum Gasteiger partial charge on any atom is -0.354 e. The summed E-state index contributed by atoms with van der Waals surface area (Å²) in [5.41, 5.74) is 0. The van der Waals surface area contributed by atoms with E-state index in [-0.39, 0.29) is 5.91 Å². The van der Waals surface area contributed by atoms with Crippen LogP contribution < -0.4 is 5.32 Å². The van der Waals surface area contributed by atoms with Crippen molar-refractivity contribution >= 4 is 5.91 Å². The van der Waals surface area contributed by atoms with Gasteiger partial charge in [-0.3, -0.25) is 9.69 Å². The summed E-state index contributed by atoms with van der Waals surface area (Å²) in [6, 6.07) is 1.16. The molecule has 1 amide bonds. The number of fused-ring (bicyclic) bond motifs is 2. The standard InChI is InChI=1S/C10H18N2O/c1-2-5-12-8-3-4-9(12)7-11-10(13)6-8/h8-9H,2-7H2,1H3,(H,11,13)/t8-,9+/m1/s1. The first-order valence-electron chi connectivity index (χ1n) is 5.33. The maximum absolute atomic E-state index is 11.3. The molecule has 0 radical (unpaired) electrons. The Morgan fingerprint density at radius 1 is 1.46 bits per heavy atom. The molecule has 3 heteroatoms. The average Bonchev–Trinajstić information content (AvgIpc) is 2.37. The fourth-order valence-electron chi connectivity index (χ4n) is 2.59. The summed E-state index contributed by atoms with van der Waals surface area (Å²) in [4.78, 5) is 13.8. The number of nitrogens with one attached hydrogen (secondary N) is 1. The zero-order chi connectivity index (χ0) is 9.26. The Kier molecular flexibility index (Phi) is 2.54. The highest BCUT2D eigenvalue weighted by atomic mass is 16.1. The molecule has 2 aliphatic heterocycles. The highest BCUT2D eigenvalue weighted by molar-refractivity contribution is 5.77. The summed E-state index contributed by atoms with van der Waals surface area (Å²) in [5.74, 6) is 0.244. The molecule has 0 spiro atoms. The number of carbonyl (C=O) groups is 1. The van der Waals surface area contributed by atoms with Crippen LogP contribution in [0, 0.1) is 0 Å². The molecule has 2 heterocycles. The van der Waals surface area contributed by atoms with Crippen LogP contribution in [-0.4, -0.2) is 36.0 Å². The summed E-state index contributed by atoms with van der Waals surface area (Å²) in [5, 5.41) is 2.98. The molecule has 0 unspecified atom stereocenters. The van der Waals surface area contributed by atoms with Crippen LogP contribution in [-0.2, 0) is 4.79 Å².